The van der Waals surface area contributed by atoms with Gasteiger partial charge in [0.05, 0.1) is 18.6 Å². The van der Waals surface area contributed by atoms with E-state index in [1.54, 1.807) is 11.9 Å². The van der Waals surface area contributed by atoms with E-state index in [9.17, 15) is 9.59 Å². The summed E-state index contributed by atoms with van der Waals surface area (Å²) in [6.07, 6.45) is 5.91. The van der Waals surface area contributed by atoms with E-state index in [1.165, 1.54) is 0 Å². The lowest BCUT2D eigenvalue weighted by molar-refractivity contribution is -0.149. The number of allylic oxidation sites excluding steroid dienone is 2. The Labute approximate surface area is 141 Å². The molecule has 1 aromatic carbocycles. The molecular formula is C18H20ClNO3. The molecule has 0 unspecified atom stereocenters. The molecule has 1 saturated heterocycles. The third kappa shape index (κ3) is 3.42. The van der Waals surface area contributed by atoms with E-state index in [0.29, 0.717) is 11.4 Å². The van der Waals surface area contributed by atoms with Crippen LogP contribution in [0.5, 0.6) is 0 Å². The Kier molecular flexibility index (Phi) is 4.71. The van der Waals surface area contributed by atoms with Crippen molar-refractivity contribution in [1.29, 1.82) is 0 Å². The minimum atomic E-state index is -0.165. The summed E-state index contributed by atoms with van der Waals surface area (Å²) in [5.41, 5.74) is 0.981. The molecule has 0 aromatic heterocycles. The Morgan fingerprint density at radius 3 is 2.78 bits per heavy atom. The number of esters is 1. The van der Waals surface area contributed by atoms with Crippen LogP contribution in [0, 0.1) is 11.8 Å². The first-order valence-corrected chi connectivity index (χ1v) is 8.27. The first-order valence-electron chi connectivity index (χ1n) is 7.89. The summed E-state index contributed by atoms with van der Waals surface area (Å²) in [5.74, 6) is -0.195. The molecule has 0 spiro atoms. The van der Waals surface area contributed by atoms with E-state index in [4.69, 9.17) is 16.3 Å². The number of benzene rings is 1. The van der Waals surface area contributed by atoms with Gasteiger partial charge in [-0.05, 0) is 30.5 Å². The molecule has 0 radical (unpaired) electrons. The molecule has 2 aliphatic rings. The normalized spacial score (nSPS) is 24.4. The highest BCUT2D eigenvalue weighted by Crippen LogP contribution is 2.38. The van der Waals surface area contributed by atoms with Crippen molar-refractivity contribution in [3.8, 4) is 0 Å². The van der Waals surface area contributed by atoms with Gasteiger partial charge in [0.2, 0.25) is 5.91 Å². The van der Waals surface area contributed by atoms with E-state index in [2.05, 4.69) is 0 Å². The molecule has 0 saturated carbocycles. The van der Waals surface area contributed by atoms with Crippen molar-refractivity contribution in [3.63, 3.8) is 0 Å². The molecular weight excluding hydrogens is 314 g/mol. The average Bonchev–Trinajstić information content (AvgIpc) is 3.14. The van der Waals surface area contributed by atoms with Crippen molar-refractivity contribution in [2.45, 2.75) is 25.3 Å². The van der Waals surface area contributed by atoms with Crippen LogP contribution in [0.15, 0.2) is 36.4 Å². The third-order valence-corrected chi connectivity index (χ3v) is 4.90. The average molecular weight is 334 g/mol. The largest absolute Gasteiger partial charge is 0.465 e. The highest BCUT2D eigenvalue weighted by atomic mass is 35.5. The second-order valence-electron chi connectivity index (χ2n) is 6.24. The van der Waals surface area contributed by atoms with Gasteiger partial charge in [0.15, 0.2) is 0 Å². The van der Waals surface area contributed by atoms with Crippen LogP contribution in [0.3, 0.4) is 0 Å². The van der Waals surface area contributed by atoms with Crippen molar-refractivity contribution in [1.82, 2.24) is 4.90 Å². The molecule has 1 aliphatic carbocycles. The Morgan fingerprint density at radius 1 is 1.35 bits per heavy atom. The van der Waals surface area contributed by atoms with Crippen LogP contribution in [0.2, 0.25) is 5.02 Å². The maximum atomic E-state index is 12.1. The fraction of sp³-hybridized carbons (Fsp3) is 0.444. The smallest absolute Gasteiger partial charge is 0.309 e. The van der Waals surface area contributed by atoms with Crippen molar-refractivity contribution in [2.75, 3.05) is 13.7 Å². The van der Waals surface area contributed by atoms with Gasteiger partial charge in [0.1, 0.15) is 0 Å². The van der Waals surface area contributed by atoms with Crippen LogP contribution in [-0.2, 0) is 14.3 Å². The van der Waals surface area contributed by atoms with Crippen LogP contribution in [0.4, 0.5) is 0 Å². The predicted octanol–water partition coefficient (Wildman–Crippen LogP) is 3.37. The minimum absolute atomic E-state index is 0.0377. The lowest BCUT2D eigenvalue weighted by Gasteiger charge is -2.25. The number of likely N-dealkylation sites (tertiary alicyclic amines) is 1. The Bertz CT molecular complexity index is 635. The highest BCUT2D eigenvalue weighted by molar-refractivity contribution is 6.30. The number of halogens is 1. The van der Waals surface area contributed by atoms with Crippen LogP contribution < -0.4 is 0 Å². The molecule has 1 heterocycles. The highest BCUT2D eigenvalue weighted by Gasteiger charge is 2.39. The zero-order valence-corrected chi connectivity index (χ0v) is 13.8. The van der Waals surface area contributed by atoms with Crippen LogP contribution >= 0.6 is 11.6 Å². The molecule has 3 rings (SSSR count). The predicted molar refractivity (Wildman–Crippen MR) is 87.9 cm³/mol. The maximum absolute atomic E-state index is 12.1. The number of hydrogen-bond donors (Lipinski definition) is 0. The Hall–Kier alpha value is -1.81. The summed E-state index contributed by atoms with van der Waals surface area (Å²) in [6.45, 7) is 0.266. The Balaban J connectivity index is 1.69. The quantitative estimate of drug-likeness (QED) is 0.627. The lowest BCUT2D eigenvalue weighted by Crippen LogP contribution is -2.27. The molecule has 1 fully saturated rings. The molecule has 0 N–H and O–H groups in total. The fourth-order valence-corrected chi connectivity index (χ4v) is 3.60. The molecule has 1 amide bonds. The van der Waals surface area contributed by atoms with Crippen molar-refractivity contribution in [2.24, 2.45) is 11.8 Å². The van der Waals surface area contributed by atoms with Gasteiger partial charge in [-0.25, -0.2) is 0 Å². The van der Waals surface area contributed by atoms with Crippen LogP contribution in [-0.4, -0.2) is 30.4 Å². The topological polar surface area (TPSA) is 46.6 Å². The zero-order valence-electron chi connectivity index (χ0n) is 13.1. The molecule has 23 heavy (non-hydrogen) atoms. The summed E-state index contributed by atoms with van der Waals surface area (Å²) < 4.78 is 5.50. The van der Waals surface area contributed by atoms with Gasteiger partial charge in [-0.1, -0.05) is 35.9 Å². The number of carbonyl (C=O) groups is 2. The van der Waals surface area contributed by atoms with Crippen molar-refractivity contribution >= 4 is 23.5 Å². The summed E-state index contributed by atoms with van der Waals surface area (Å²) in [5, 5.41) is 0.642. The number of nitrogens with zero attached hydrogens (tertiary/aromatic N) is 1. The summed E-state index contributed by atoms with van der Waals surface area (Å²) >= 11 is 6.07. The molecule has 2 atom stereocenters. The molecule has 0 bridgehead atoms. The van der Waals surface area contributed by atoms with Gasteiger partial charge in [0.25, 0.3) is 0 Å². The van der Waals surface area contributed by atoms with Crippen molar-refractivity contribution in [3.05, 3.63) is 47.0 Å². The fourth-order valence-electron chi connectivity index (χ4n) is 3.40. The zero-order chi connectivity index (χ0) is 16.4. The number of ether oxygens (including phenoxy) is 1. The third-order valence-electron chi connectivity index (χ3n) is 4.67. The van der Waals surface area contributed by atoms with Crippen molar-refractivity contribution < 1.29 is 14.3 Å². The first kappa shape index (κ1) is 16.1. The molecule has 1 aromatic rings. The molecule has 4 nitrogen and oxygen atoms in total. The number of rotatable bonds is 4. The first-order chi connectivity index (χ1) is 11.1. The second kappa shape index (κ2) is 6.75. The van der Waals surface area contributed by atoms with Gasteiger partial charge in [-0.3, -0.25) is 9.59 Å². The number of carbonyl (C=O) groups excluding carboxylic acids is 2. The van der Waals surface area contributed by atoms with E-state index >= 15 is 0 Å². The van der Waals surface area contributed by atoms with E-state index < -0.39 is 0 Å². The van der Waals surface area contributed by atoms with Gasteiger partial charge >= 0.3 is 5.97 Å². The standard InChI is InChI=1S/C18H20ClNO3/c1-20-16(21)10-14(11-23-18(22)12-5-2-3-6-12)17(20)13-7-4-8-15(19)9-13/h2-4,7-9,12,14,17H,5-6,10-11H2,1H3/t14-,17+/m0/s1. The number of amides is 1. The monoisotopic (exact) mass is 333 g/mol. The molecule has 5 heteroatoms. The van der Waals surface area contributed by atoms with E-state index in [-0.39, 0.29) is 36.4 Å². The van der Waals surface area contributed by atoms with Crippen LogP contribution in [0.25, 0.3) is 0 Å². The second-order valence-corrected chi connectivity index (χ2v) is 6.67. The van der Waals surface area contributed by atoms with Gasteiger partial charge in [0, 0.05) is 24.4 Å². The van der Waals surface area contributed by atoms with Gasteiger partial charge in [-0.15, -0.1) is 0 Å². The van der Waals surface area contributed by atoms with E-state index in [1.807, 2.05) is 36.4 Å². The SMILES string of the molecule is CN1C(=O)C[C@@H](COC(=O)C2CC=CC2)[C@H]1c1cccc(Cl)c1. The van der Waals surface area contributed by atoms with Gasteiger partial charge in [-0.2, -0.15) is 0 Å². The lowest BCUT2D eigenvalue weighted by atomic mass is 9.94. The summed E-state index contributed by atoms with van der Waals surface area (Å²) in [6, 6.07) is 7.42. The molecule has 122 valence electrons. The maximum Gasteiger partial charge on any atom is 0.309 e. The minimum Gasteiger partial charge on any atom is -0.465 e. The number of hydrogen-bond acceptors (Lipinski definition) is 3. The summed E-state index contributed by atoms with van der Waals surface area (Å²) in [4.78, 5) is 25.9. The van der Waals surface area contributed by atoms with Crippen LogP contribution in [0.1, 0.15) is 30.9 Å². The van der Waals surface area contributed by atoms with Gasteiger partial charge < -0.3 is 9.64 Å². The Morgan fingerprint density at radius 2 is 2.09 bits per heavy atom. The molecule has 1 aliphatic heterocycles. The van der Waals surface area contributed by atoms with E-state index in [0.717, 1.165) is 18.4 Å². The summed E-state index contributed by atoms with van der Waals surface area (Å²) in [7, 11) is 1.79.